The number of fused-ring (bicyclic) bond motifs is 1. The molecule has 2 N–H and O–H groups in total. The zero-order valence-electron chi connectivity index (χ0n) is 14.8. The Morgan fingerprint density at radius 3 is 2.42 bits per heavy atom. The maximum absolute atomic E-state index is 11.8. The summed E-state index contributed by atoms with van der Waals surface area (Å²) in [6.45, 7) is 0.764. The summed E-state index contributed by atoms with van der Waals surface area (Å²) < 4.78 is 5.55. The molecule has 26 heavy (non-hydrogen) atoms. The van der Waals surface area contributed by atoms with E-state index in [9.17, 15) is 9.59 Å². The molecule has 0 saturated heterocycles. The summed E-state index contributed by atoms with van der Waals surface area (Å²) in [5, 5.41) is 5.54. The highest BCUT2D eigenvalue weighted by Crippen LogP contribution is 2.25. The van der Waals surface area contributed by atoms with E-state index >= 15 is 0 Å². The van der Waals surface area contributed by atoms with Gasteiger partial charge in [-0.2, -0.15) is 0 Å². The molecule has 5 heteroatoms. The molecular formula is C21H24N2O3. The molecule has 0 aliphatic heterocycles. The molecule has 2 amide bonds. The topological polar surface area (TPSA) is 67.4 Å². The molecule has 3 rings (SSSR count). The lowest BCUT2D eigenvalue weighted by Crippen LogP contribution is -2.37. The fraction of sp³-hybridized carbons (Fsp3) is 0.333. The summed E-state index contributed by atoms with van der Waals surface area (Å²) in [5.74, 6) is 0.486. The number of ether oxygens (including phenoxy) is 1. The number of nitrogens with one attached hydrogen (secondary N) is 2. The summed E-state index contributed by atoms with van der Waals surface area (Å²) in [7, 11) is 0. The number of hydrogen-bond donors (Lipinski definition) is 2. The van der Waals surface area contributed by atoms with Crippen LogP contribution in [0.3, 0.4) is 0 Å². The van der Waals surface area contributed by atoms with Crippen molar-refractivity contribution in [2.45, 2.75) is 25.7 Å². The van der Waals surface area contributed by atoms with E-state index in [0.29, 0.717) is 19.5 Å². The number of carbonyl (C=O) groups excluding carboxylic acids is 2. The zero-order chi connectivity index (χ0) is 18.2. The quantitative estimate of drug-likeness (QED) is 0.715. The summed E-state index contributed by atoms with van der Waals surface area (Å²) in [6.07, 6.45) is 3.75. The van der Waals surface area contributed by atoms with Crippen molar-refractivity contribution in [2.75, 3.05) is 19.7 Å². The van der Waals surface area contributed by atoms with Gasteiger partial charge in [0, 0.05) is 13.1 Å². The molecule has 1 aliphatic rings. The molecule has 0 heterocycles. The molecule has 0 bridgehead atoms. The van der Waals surface area contributed by atoms with Crippen LogP contribution in [-0.2, 0) is 28.9 Å². The number of amides is 2. The zero-order valence-corrected chi connectivity index (χ0v) is 14.8. The van der Waals surface area contributed by atoms with Crippen molar-refractivity contribution in [3.63, 3.8) is 0 Å². The smallest absolute Gasteiger partial charge is 0.258 e. The molecule has 1 aliphatic carbocycles. The SMILES string of the molecule is O=C(COc1ccc2c(c1)CCC2)NCCNC(=O)Cc1ccccc1. The van der Waals surface area contributed by atoms with E-state index < -0.39 is 0 Å². The van der Waals surface area contributed by atoms with Crippen molar-refractivity contribution in [3.8, 4) is 5.75 Å². The fourth-order valence-electron chi connectivity index (χ4n) is 3.09. The van der Waals surface area contributed by atoms with Crippen LogP contribution in [0, 0.1) is 0 Å². The fourth-order valence-corrected chi connectivity index (χ4v) is 3.09. The number of aryl methyl sites for hydroxylation is 2. The van der Waals surface area contributed by atoms with Gasteiger partial charge in [0.05, 0.1) is 6.42 Å². The molecule has 0 saturated carbocycles. The molecule has 0 unspecified atom stereocenters. The molecule has 0 spiro atoms. The van der Waals surface area contributed by atoms with Gasteiger partial charge >= 0.3 is 0 Å². The van der Waals surface area contributed by atoms with E-state index in [1.54, 1.807) is 0 Å². The van der Waals surface area contributed by atoms with E-state index in [2.05, 4.69) is 16.7 Å². The van der Waals surface area contributed by atoms with Crippen molar-refractivity contribution >= 4 is 11.8 Å². The third kappa shape index (κ3) is 5.34. The maximum Gasteiger partial charge on any atom is 0.258 e. The third-order valence-electron chi connectivity index (χ3n) is 4.42. The van der Waals surface area contributed by atoms with Gasteiger partial charge in [0.25, 0.3) is 5.91 Å². The lowest BCUT2D eigenvalue weighted by molar-refractivity contribution is -0.124. The number of benzene rings is 2. The summed E-state index contributed by atoms with van der Waals surface area (Å²) in [6, 6.07) is 15.6. The predicted molar refractivity (Wildman–Crippen MR) is 100 cm³/mol. The first-order chi connectivity index (χ1) is 12.7. The highest BCUT2D eigenvalue weighted by molar-refractivity contribution is 5.79. The highest BCUT2D eigenvalue weighted by Gasteiger charge is 2.11. The molecular weight excluding hydrogens is 328 g/mol. The van der Waals surface area contributed by atoms with Crippen molar-refractivity contribution in [1.29, 1.82) is 0 Å². The van der Waals surface area contributed by atoms with Gasteiger partial charge in [-0.05, 0) is 48.1 Å². The van der Waals surface area contributed by atoms with Crippen molar-refractivity contribution in [2.24, 2.45) is 0 Å². The van der Waals surface area contributed by atoms with Gasteiger partial charge in [0.2, 0.25) is 5.91 Å². The summed E-state index contributed by atoms with van der Waals surface area (Å²) in [5.41, 5.74) is 3.67. The minimum absolute atomic E-state index is 0.0171. The van der Waals surface area contributed by atoms with E-state index in [1.807, 2.05) is 42.5 Å². The average molecular weight is 352 g/mol. The number of carbonyl (C=O) groups is 2. The first-order valence-electron chi connectivity index (χ1n) is 9.02. The normalized spacial score (nSPS) is 12.3. The second-order valence-electron chi connectivity index (χ2n) is 6.44. The Morgan fingerprint density at radius 2 is 1.62 bits per heavy atom. The lowest BCUT2D eigenvalue weighted by Gasteiger charge is -2.09. The minimum atomic E-state index is -0.192. The second-order valence-corrected chi connectivity index (χ2v) is 6.44. The van der Waals surface area contributed by atoms with Crippen molar-refractivity contribution in [3.05, 3.63) is 65.2 Å². The van der Waals surface area contributed by atoms with E-state index in [-0.39, 0.29) is 18.4 Å². The van der Waals surface area contributed by atoms with E-state index in [0.717, 1.165) is 24.2 Å². The van der Waals surface area contributed by atoms with Crippen LogP contribution in [-0.4, -0.2) is 31.5 Å². The van der Waals surface area contributed by atoms with Gasteiger partial charge in [-0.3, -0.25) is 9.59 Å². The summed E-state index contributed by atoms with van der Waals surface area (Å²) in [4.78, 5) is 23.6. The molecule has 2 aromatic rings. The molecule has 136 valence electrons. The van der Waals surface area contributed by atoms with Gasteiger partial charge in [0.1, 0.15) is 5.75 Å². The second kappa shape index (κ2) is 9.04. The van der Waals surface area contributed by atoms with Gasteiger partial charge in [0.15, 0.2) is 6.61 Å². The Kier molecular flexibility index (Phi) is 6.25. The van der Waals surface area contributed by atoms with Crippen LogP contribution >= 0.6 is 0 Å². The van der Waals surface area contributed by atoms with Crippen LogP contribution in [0.5, 0.6) is 5.75 Å². The van der Waals surface area contributed by atoms with E-state index in [1.165, 1.54) is 17.5 Å². The Labute approximate surface area is 153 Å². The van der Waals surface area contributed by atoms with E-state index in [4.69, 9.17) is 4.74 Å². The molecule has 0 atom stereocenters. The maximum atomic E-state index is 11.8. The Balaban J connectivity index is 1.30. The van der Waals surface area contributed by atoms with Crippen LogP contribution in [0.1, 0.15) is 23.1 Å². The van der Waals surface area contributed by atoms with Gasteiger partial charge < -0.3 is 15.4 Å². The first kappa shape index (κ1) is 18.0. The van der Waals surface area contributed by atoms with Crippen molar-refractivity contribution in [1.82, 2.24) is 10.6 Å². The van der Waals surface area contributed by atoms with Gasteiger partial charge in [-0.1, -0.05) is 36.4 Å². The molecule has 0 aromatic heterocycles. The van der Waals surface area contributed by atoms with Crippen LogP contribution in [0.15, 0.2) is 48.5 Å². The van der Waals surface area contributed by atoms with Crippen LogP contribution in [0.2, 0.25) is 0 Å². The largest absolute Gasteiger partial charge is 0.484 e. The molecule has 0 radical (unpaired) electrons. The van der Waals surface area contributed by atoms with Gasteiger partial charge in [-0.15, -0.1) is 0 Å². The van der Waals surface area contributed by atoms with Crippen LogP contribution < -0.4 is 15.4 Å². The van der Waals surface area contributed by atoms with Crippen LogP contribution in [0.25, 0.3) is 0 Å². The Hall–Kier alpha value is -2.82. The number of hydrogen-bond acceptors (Lipinski definition) is 3. The lowest BCUT2D eigenvalue weighted by atomic mass is 10.1. The predicted octanol–water partition coefficient (Wildman–Crippen LogP) is 2.03. The third-order valence-corrected chi connectivity index (χ3v) is 4.42. The average Bonchev–Trinajstić information content (AvgIpc) is 3.12. The minimum Gasteiger partial charge on any atom is -0.484 e. The number of rotatable bonds is 8. The Bertz CT molecular complexity index is 759. The molecule has 2 aromatic carbocycles. The monoisotopic (exact) mass is 352 g/mol. The Morgan fingerprint density at radius 1 is 0.885 bits per heavy atom. The highest BCUT2D eigenvalue weighted by atomic mass is 16.5. The first-order valence-corrected chi connectivity index (χ1v) is 9.02. The summed E-state index contributed by atoms with van der Waals surface area (Å²) >= 11 is 0. The van der Waals surface area contributed by atoms with Crippen LogP contribution in [0.4, 0.5) is 0 Å². The van der Waals surface area contributed by atoms with Gasteiger partial charge in [-0.25, -0.2) is 0 Å². The standard InChI is InChI=1S/C21H24N2O3/c24-20(13-16-5-2-1-3-6-16)22-11-12-23-21(25)15-26-19-10-9-17-7-4-8-18(17)14-19/h1-3,5-6,9-10,14H,4,7-8,11-13,15H2,(H,22,24)(H,23,25). The van der Waals surface area contributed by atoms with Crippen molar-refractivity contribution < 1.29 is 14.3 Å². The molecule has 0 fully saturated rings. The molecule has 5 nitrogen and oxygen atoms in total.